The van der Waals surface area contributed by atoms with Gasteiger partial charge in [-0.2, -0.15) is 0 Å². The number of ether oxygens (including phenoxy) is 1. The van der Waals surface area contributed by atoms with Crippen molar-refractivity contribution in [3.63, 3.8) is 0 Å². The largest absolute Gasteiger partial charge is 0.480 e. The molecule has 3 N–H and O–H groups in total. The first-order valence-electron chi connectivity index (χ1n) is 6.62. The van der Waals surface area contributed by atoms with Gasteiger partial charge in [0.2, 0.25) is 0 Å². The van der Waals surface area contributed by atoms with Gasteiger partial charge in [-0.25, -0.2) is 0 Å². The summed E-state index contributed by atoms with van der Waals surface area (Å²) in [4.78, 5) is 12.0. The molecule has 0 saturated heterocycles. The second kappa shape index (κ2) is 6.57. The van der Waals surface area contributed by atoms with Gasteiger partial charge in [0.05, 0.1) is 0 Å². The molecular weight excluding hydrogens is 240 g/mol. The van der Waals surface area contributed by atoms with Crippen LogP contribution in [0.5, 0.6) is 5.75 Å². The molecule has 4 nitrogen and oxygen atoms in total. The smallest absolute Gasteiger partial charge is 0.261 e. The average molecular weight is 264 g/mol. The zero-order valence-electron chi connectivity index (χ0n) is 12.2. The van der Waals surface area contributed by atoms with Gasteiger partial charge in [0, 0.05) is 12.1 Å². The van der Waals surface area contributed by atoms with Crippen molar-refractivity contribution in [1.29, 1.82) is 0 Å². The third-order valence-corrected chi connectivity index (χ3v) is 2.74. The number of para-hydroxylation sites is 1. The minimum atomic E-state index is -0.483. The maximum Gasteiger partial charge on any atom is 0.261 e. The Morgan fingerprint density at radius 2 is 2.05 bits per heavy atom. The van der Waals surface area contributed by atoms with Gasteiger partial charge < -0.3 is 15.8 Å². The fourth-order valence-electron chi connectivity index (χ4n) is 1.59. The minimum absolute atomic E-state index is 0.121. The van der Waals surface area contributed by atoms with E-state index in [1.54, 1.807) is 0 Å². The molecule has 0 heterocycles. The van der Waals surface area contributed by atoms with E-state index in [2.05, 4.69) is 5.32 Å². The van der Waals surface area contributed by atoms with Gasteiger partial charge in [0.1, 0.15) is 5.75 Å². The summed E-state index contributed by atoms with van der Waals surface area (Å²) in [6.45, 7) is 8.06. The maximum absolute atomic E-state index is 12.0. The molecule has 1 aromatic rings. The van der Waals surface area contributed by atoms with Crippen LogP contribution in [0.3, 0.4) is 0 Å². The molecule has 0 aliphatic carbocycles. The Hall–Kier alpha value is -1.55. The van der Waals surface area contributed by atoms with Crippen molar-refractivity contribution in [2.45, 2.75) is 45.8 Å². The maximum atomic E-state index is 12.0. The number of rotatable bonds is 6. The van der Waals surface area contributed by atoms with Gasteiger partial charge in [-0.05, 0) is 38.8 Å². The molecule has 1 rings (SSSR count). The first-order valence-corrected chi connectivity index (χ1v) is 6.62. The van der Waals surface area contributed by atoms with Crippen LogP contribution < -0.4 is 15.8 Å². The molecule has 1 aromatic carbocycles. The highest BCUT2D eigenvalue weighted by Crippen LogP contribution is 2.18. The summed E-state index contributed by atoms with van der Waals surface area (Å²) >= 11 is 0. The second-order valence-electron chi connectivity index (χ2n) is 5.49. The highest BCUT2D eigenvalue weighted by Gasteiger charge is 2.21. The molecule has 0 aliphatic rings. The molecule has 0 aromatic heterocycles. The number of nitrogens with one attached hydrogen (secondary N) is 1. The van der Waals surface area contributed by atoms with Crippen LogP contribution in [0, 0.1) is 6.92 Å². The summed E-state index contributed by atoms with van der Waals surface area (Å²) in [5.41, 5.74) is 6.45. The van der Waals surface area contributed by atoms with Crippen molar-refractivity contribution in [2.24, 2.45) is 5.73 Å². The lowest BCUT2D eigenvalue weighted by Crippen LogP contribution is -2.48. The Labute approximate surface area is 115 Å². The molecular formula is C15H24N2O2. The van der Waals surface area contributed by atoms with E-state index in [0.29, 0.717) is 13.0 Å². The zero-order valence-corrected chi connectivity index (χ0v) is 12.2. The van der Waals surface area contributed by atoms with Crippen LogP contribution in [0.25, 0.3) is 0 Å². The molecule has 19 heavy (non-hydrogen) atoms. The Kier molecular flexibility index (Phi) is 5.36. The van der Waals surface area contributed by atoms with Crippen LogP contribution in [-0.2, 0) is 4.79 Å². The molecule has 0 aliphatic heterocycles. The van der Waals surface area contributed by atoms with Crippen molar-refractivity contribution in [3.05, 3.63) is 29.8 Å². The first kappa shape index (κ1) is 15.5. The lowest BCUT2D eigenvalue weighted by atomic mass is 10.1. The van der Waals surface area contributed by atoms with Crippen LogP contribution in [0.4, 0.5) is 0 Å². The Balaban J connectivity index is 2.63. The fourth-order valence-corrected chi connectivity index (χ4v) is 1.59. The number of benzene rings is 1. The van der Waals surface area contributed by atoms with Gasteiger partial charge in [-0.3, -0.25) is 4.79 Å². The molecule has 1 unspecified atom stereocenters. The van der Waals surface area contributed by atoms with Gasteiger partial charge in [0.15, 0.2) is 6.10 Å². The molecule has 0 spiro atoms. The van der Waals surface area contributed by atoms with Crippen LogP contribution in [0.1, 0.15) is 32.8 Å². The first-order chi connectivity index (χ1) is 8.83. The SMILES string of the molecule is CCC(Oc1ccccc1C)C(=O)NCC(C)(C)N. The highest BCUT2D eigenvalue weighted by atomic mass is 16.5. The lowest BCUT2D eigenvalue weighted by molar-refractivity contribution is -0.128. The molecule has 0 saturated carbocycles. The predicted octanol–water partition coefficient (Wildman–Crippen LogP) is 2.01. The quantitative estimate of drug-likeness (QED) is 0.826. The van der Waals surface area contributed by atoms with Gasteiger partial charge >= 0.3 is 0 Å². The fraction of sp³-hybridized carbons (Fsp3) is 0.533. The molecule has 0 radical (unpaired) electrons. The number of carbonyl (C=O) groups is 1. The van der Waals surface area contributed by atoms with Crippen molar-refractivity contribution < 1.29 is 9.53 Å². The summed E-state index contributed by atoms with van der Waals surface area (Å²) in [5.74, 6) is 0.626. The third-order valence-electron chi connectivity index (χ3n) is 2.74. The molecule has 106 valence electrons. The zero-order chi connectivity index (χ0) is 14.5. The molecule has 1 atom stereocenters. The number of aryl methyl sites for hydroxylation is 1. The molecule has 4 heteroatoms. The highest BCUT2D eigenvalue weighted by molar-refractivity contribution is 5.81. The molecule has 0 bridgehead atoms. The van der Waals surface area contributed by atoms with Gasteiger partial charge in [-0.1, -0.05) is 25.1 Å². The minimum Gasteiger partial charge on any atom is -0.480 e. The van der Waals surface area contributed by atoms with E-state index < -0.39 is 11.6 Å². The van der Waals surface area contributed by atoms with Crippen LogP contribution in [-0.4, -0.2) is 24.1 Å². The van der Waals surface area contributed by atoms with Crippen LogP contribution >= 0.6 is 0 Å². The predicted molar refractivity (Wildman–Crippen MR) is 77.2 cm³/mol. The van der Waals surface area contributed by atoms with Crippen LogP contribution in [0.15, 0.2) is 24.3 Å². The standard InChI is InChI=1S/C15H24N2O2/c1-5-12(14(18)17-10-15(3,4)16)19-13-9-7-6-8-11(13)2/h6-9,12H,5,10,16H2,1-4H3,(H,17,18). The van der Waals surface area contributed by atoms with E-state index in [1.165, 1.54) is 0 Å². The molecule has 1 amide bonds. The summed E-state index contributed by atoms with van der Waals surface area (Å²) < 4.78 is 5.77. The summed E-state index contributed by atoms with van der Waals surface area (Å²) in [7, 11) is 0. The summed E-state index contributed by atoms with van der Waals surface area (Å²) in [6, 6.07) is 7.68. The Bertz CT molecular complexity index is 424. The van der Waals surface area contributed by atoms with E-state index in [4.69, 9.17) is 10.5 Å². The van der Waals surface area contributed by atoms with Crippen molar-refractivity contribution in [1.82, 2.24) is 5.32 Å². The monoisotopic (exact) mass is 264 g/mol. The van der Waals surface area contributed by atoms with Crippen molar-refractivity contribution >= 4 is 5.91 Å². The Morgan fingerprint density at radius 1 is 1.42 bits per heavy atom. The average Bonchev–Trinajstić information content (AvgIpc) is 2.34. The van der Waals surface area contributed by atoms with E-state index in [0.717, 1.165) is 11.3 Å². The number of hydrogen-bond donors (Lipinski definition) is 2. The van der Waals surface area contributed by atoms with Crippen LogP contribution in [0.2, 0.25) is 0 Å². The van der Waals surface area contributed by atoms with Crippen molar-refractivity contribution in [3.8, 4) is 5.75 Å². The second-order valence-corrected chi connectivity index (χ2v) is 5.49. The number of nitrogens with two attached hydrogens (primary N) is 1. The summed E-state index contributed by atoms with van der Waals surface area (Å²) in [6.07, 6.45) is 0.133. The number of hydrogen-bond acceptors (Lipinski definition) is 3. The topological polar surface area (TPSA) is 64.3 Å². The Morgan fingerprint density at radius 3 is 2.58 bits per heavy atom. The van der Waals surface area contributed by atoms with E-state index >= 15 is 0 Å². The normalized spacial score (nSPS) is 12.9. The van der Waals surface area contributed by atoms with E-state index in [1.807, 2.05) is 52.0 Å². The van der Waals surface area contributed by atoms with Crippen molar-refractivity contribution in [2.75, 3.05) is 6.54 Å². The lowest BCUT2D eigenvalue weighted by Gasteiger charge is -2.22. The number of amides is 1. The van der Waals surface area contributed by atoms with E-state index in [9.17, 15) is 4.79 Å². The van der Waals surface area contributed by atoms with Gasteiger partial charge in [-0.15, -0.1) is 0 Å². The summed E-state index contributed by atoms with van der Waals surface area (Å²) in [5, 5.41) is 2.82. The number of carbonyl (C=O) groups excluding carboxylic acids is 1. The molecule has 0 fully saturated rings. The third kappa shape index (κ3) is 5.30. The van der Waals surface area contributed by atoms with Gasteiger partial charge in [0.25, 0.3) is 5.91 Å². The van der Waals surface area contributed by atoms with E-state index in [-0.39, 0.29) is 5.91 Å².